The summed E-state index contributed by atoms with van der Waals surface area (Å²) in [5, 5.41) is 0.880. The zero-order valence-electron chi connectivity index (χ0n) is 23.6. The Morgan fingerprint density at radius 1 is 0.594 bits per heavy atom. The summed E-state index contributed by atoms with van der Waals surface area (Å²) < 4.78 is 12.8. The summed E-state index contributed by atoms with van der Waals surface area (Å²) in [6.07, 6.45) is 0. The highest BCUT2D eigenvalue weighted by Gasteiger charge is 2.42. The molecular weight excluding hydrogens is 547 g/mol. The molecule has 0 spiro atoms. The number of rotatable bonds is 4. The molecule has 0 fully saturated rings. The molecule has 0 aromatic rings. The van der Waals surface area contributed by atoms with Crippen molar-refractivity contribution in [2.45, 2.75) is 137 Å². The minimum Gasteiger partial charge on any atom is -0.438 e. The zero-order valence-corrected chi connectivity index (χ0v) is 31.2. The largest absolute Gasteiger partial charge is 0.438 e. The molecule has 0 aromatic carbocycles. The highest BCUT2D eigenvalue weighted by Crippen LogP contribution is 2.40. The zero-order chi connectivity index (χ0) is 25.6. The molecule has 0 rings (SSSR count). The number of hydrogen-bond acceptors (Lipinski definition) is 2. The van der Waals surface area contributed by atoms with E-state index in [1.54, 1.807) is 0 Å². The lowest BCUT2D eigenvalue weighted by molar-refractivity contribution is 0.386. The van der Waals surface area contributed by atoms with Crippen LogP contribution in [0.3, 0.4) is 0 Å². The van der Waals surface area contributed by atoms with E-state index in [2.05, 4.69) is 108 Å². The molecule has 0 heterocycles. The third-order valence-corrected chi connectivity index (χ3v) is 26.2. The highest BCUT2D eigenvalue weighted by atomic mass is 35.7. The van der Waals surface area contributed by atoms with Gasteiger partial charge in [-0.3, -0.25) is 0 Å². The molecule has 32 heavy (non-hydrogen) atoms. The summed E-state index contributed by atoms with van der Waals surface area (Å²) in [4.78, 5) is 0. The lowest BCUT2D eigenvalue weighted by Crippen LogP contribution is -2.51. The van der Waals surface area contributed by atoms with E-state index in [0.717, 1.165) is 0 Å². The van der Waals surface area contributed by atoms with Crippen LogP contribution in [0, 0.1) is 0 Å². The average molecular weight is 606 g/mol. The van der Waals surface area contributed by atoms with E-state index in [4.69, 9.17) is 41.5 Å². The summed E-state index contributed by atoms with van der Waals surface area (Å²) in [5.74, 6) is 0. The number of halogens is 3. The molecule has 2 N–H and O–H groups in total. The fourth-order valence-electron chi connectivity index (χ4n) is 1.21. The first-order valence-electron chi connectivity index (χ1n) is 10.9. The minimum atomic E-state index is -1.67. The molecule has 3 nitrogen and oxygen atoms in total. The maximum absolute atomic E-state index is 6.42. The molecule has 0 aliphatic rings. The Balaban J connectivity index is -0.000000145. The summed E-state index contributed by atoms with van der Waals surface area (Å²) in [6, 6.07) is 0. The Morgan fingerprint density at radius 2 is 0.750 bits per heavy atom. The van der Waals surface area contributed by atoms with E-state index in [9.17, 15) is 0 Å². The van der Waals surface area contributed by atoms with Crippen LogP contribution in [-0.4, -0.2) is 46.2 Å². The number of hydrogen-bond donors (Lipinski definition) is 0. The van der Waals surface area contributed by atoms with Gasteiger partial charge in [0.1, 0.15) is 0 Å². The van der Waals surface area contributed by atoms with Crippen LogP contribution in [0.25, 0.3) is 0 Å². The monoisotopic (exact) mass is 604 g/mol. The lowest BCUT2D eigenvalue weighted by atomic mass is 10.2. The van der Waals surface area contributed by atoms with Crippen LogP contribution in [0.1, 0.15) is 69.7 Å². The average Bonchev–Trinajstić information content (AvgIpc) is 2.31. The van der Waals surface area contributed by atoms with Crippen molar-refractivity contribution >= 4 is 74.0 Å². The highest BCUT2D eigenvalue weighted by molar-refractivity contribution is 7.33. The van der Waals surface area contributed by atoms with Gasteiger partial charge in [-0.15, -0.1) is 0 Å². The van der Waals surface area contributed by atoms with E-state index in [-0.39, 0.29) is 23.0 Å². The van der Waals surface area contributed by atoms with Gasteiger partial charge in [-0.2, -0.15) is 33.2 Å². The third-order valence-electron chi connectivity index (χ3n) is 6.32. The Morgan fingerprint density at radius 3 is 0.844 bits per heavy atom. The normalized spacial score (nSPS) is 13.3. The molecule has 11 heteroatoms. The van der Waals surface area contributed by atoms with Crippen molar-refractivity contribution in [3.63, 3.8) is 0 Å². The molecule has 0 amide bonds. The van der Waals surface area contributed by atoms with E-state index < -0.39 is 40.7 Å². The summed E-state index contributed by atoms with van der Waals surface area (Å²) in [7, 11) is -7.45. The second kappa shape index (κ2) is 15.8. The van der Waals surface area contributed by atoms with Crippen LogP contribution in [0.15, 0.2) is 0 Å². The molecular formula is C21H59Cl3O3Si5. The SMILES string of the molecule is C.CC(C)(C)[Si](C)(C)Cl.C[SiH](Cl)Cl.C[SiH](O[Si](C)(C)C(C)(C)C)O[Si](C)(C)C(C)(C)C.O. The van der Waals surface area contributed by atoms with E-state index >= 15 is 0 Å². The van der Waals surface area contributed by atoms with Gasteiger partial charge in [0.15, 0.2) is 24.0 Å². The van der Waals surface area contributed by atoms with E-state index in [1.807, 2.05) is 6.55 Å². The molecule has 0 radical (unpaired) electrons. The smallest absolute Gasteiger partial charge is 0.297 e. The Labute approximate surface area is 223 Å². The van der Waals surface area contributed by atoms with Gasteiger partial charge in [0.25, 0.3) is 9.28 Å². The van der Waals surface area contributed by atoms with E-state index in [1.165, 1.54) is 0 Å². The standard InChI is InChI=1S/C13H34O2Si3.C6H15ClSi.CH4Cl2Si.CH4.H2O/c1-12(2,3)17(8,9)14-16(7)15-18(10,11)13(4,5)6;1-6(2,3)8(4,5)7;1-4(2)3;;/h16H,1-11H3;1-5H3;4H,1H3;1H4;1H2. The molecule has 0 atom stereocenters. The molecule has 0 aliphatic heterocycles. The molecule has 0 saturated carbocycles. The van der Waals surface area contributed by atoms with Crippen molar-refractivity contribution < 1.29 is 13.7 Å². The van der Waals surface area contributed by atoms with Crippen molar-refractivity contribution in [1.82, 2.24) is 0 Å². The minimum absolute atomic E-state index is 0. The van der Waals surface area contributed by atoms with E-state index in [0.29, 0.717) is 5.04 Å². The van der Waals surface area contributed by atoms with Crippen LogP contribution in [0.4, 0.5) is 0 Å². The second-order valence-corrected chi connectivity index (χ2v) is 37.5. The van der Waals surface area contributed by atoms with Gasteiger partial charge in [-0.1, -0.05) is 82.8 Å². The first-order chi connectivity index (χ1) is 12.6. The first kappa shape index (κ1) is 43.9. The van der Waals surface area contributed by atoms with Crippen molar-refractivity contribution in [3.8, 4) is 0 Å². The van der Waals surface area contributed by atoms with Gasteiger partial charge in [-0.05, 0) is 54.4 Å². The quantitative estimate of drug-likeness (QED) is 0.237. The first-order valence-corrected chi connectivity index (χ1v) is 27.5. The second-order valence-electron chi connectivity index (χ2n) is 12.6. The topological polar surface area (TPSA) is 50.0 Å². The molecule has 0 unspecified atom stereocenters. The molecule has 0 bridgehead atoms. The van der Waals surface area contributed by atoms with Crippen molar-refractivity contribution in [2.24, 2.45) is 0 Å². The molecule has 0 aliphatic carbocycles. The molecule has 0 aromatic heterocycles. The predicted octanol–water partition coefficient (Wildman–Crippen LogP) is 9.24. The van der Waals surface area contributed by atoms with Crippen molar-refractivity contribution in [3.05, 3.63) is 0 Å². The van der Waals surface area contributed by atoms with Crippen LogP contribution in [0.2, 0.25) is 67.5 Å². The Hall–Kier alpha value is 1.83. The summed E-state index contributed by atoms with van der Waals surface area (Å²) >= 11 is 16.5. The van der Waals surface area contributed by atoms with Gasteiger partial charge in [0.05, 0.1) is 0 Å². The summed E-state index contributed by atoms with van der Waals surface area (Å²) in [5.41, 5.74) is 0. The maximum atomic E-state index is 6.42. The van der Waals surface area contributed by atoms with Crippen LogP contribution < -0.4 is 0 Å². The predicted molar refractivity (Wildman–Crippen MR) is 168 cm³/mol. The fraction of sp³-hybridized carbons (Fsp3) is 1.00. The summed E-state index contributed by atoms with van der Waals surface area (Å²) in [6.45, 7) is 37.9. The van der Waals surface area contributed by atoms with Gasteiger partial charge in [0.2, 0.25) is 7.42 Å². The lowest BCUT2D eigenvalue weighted by Gasteiger charge is -2.43. The molecule has 0 saturated heterocycles. The fourth-order valence-corrected chi connectivity index (χ4v) is 11.3. The Bertz CT molecular complexity index is 436. The Kier molecular flexibility index (Phi) is 21.7. The third kappa shape index (κ3) is 20.1. The van der Waals surface area contributed by atoms with Crippen LogP contribution >= 0.6 is 33.2 Å². The van der Waals surface area contributed by atoms with Gasteiger partial charge in [-0.25, -0.2) is 0 Å². The van der Waals surface area contributed by atoms with Crippen molar-refractivity contribution in [2.75, 3.05) is 0 Å². The van der Waals surface area contributed by atoms with Gasteiger partial charge >= 0.3 is 0 Å². The maximum Gasteiger partial charge on any atom is 0.297 e. The van der Waals surface area contributed by atoms with Crippen LogP contribution in [-0.2, 0) is 8.23 Å². The van der Waals surface area contributed by atoms with Gasteiger partial charge in [0, 0.05) is 0 Å². The van der Waals surface area contributed by atoms with Crippen LogP contribution in [0.5, 0.6) is 0 Å². The van der Waals surface area contributed by atoms with Crippen molar-refractivity contribution in [1.29, 1.82) is 0 Å². The van der Waals surface area contributed by atoms with Gasteiger partial charge < -0.3 is 13.7 Å². The molecule has 202 valence electrons.